The number of hydrogen-bond donors (Lipinski definition) is 4. The molecular formula is C7H7NO2S2. The van der Waals surface area contributed by atoms with Gasteiger partial charge in [0.05, 0.1) is 5.56 Å². The van der Waals surface area contributed by atoms with E-state index in [0.717, 1.165) is 0 Å². The lowest BCUT2D eigenvalue weighted by Gasteiger charge is -2.04. The number of carboxylic acid groups (broad SMARTS) is 1. The molecule has 0 aliphatic rings. The van der Waals surface area contributed by atoms with Crippen molar-refractivity contribution in [2.24, 2.45) is 0 Å². The number of hydrogen-bond acceptors (Lipinski definition) is 4. The number of thiol groups is 2. The third-order valence-corrected chi connectivity index (χ3v) is 2.04. The standard InChI is InChI=1S/C7H7NO2S2/c8-3-1-4(11)6(7(9)10)5(12)2-3/h1-2,11-12H,8H2,(H,9,10). The second-order valence-corrected chi connectivity index (χ2v) is 3.20. The number of nitrogen functional groups attached to an aromatic ring is 1. The van der Waals surface area contributed by atoms with E-state index in [1.165, 1.54) is 12.1 Å². The van der Waals surface area contributed by atoms with Gasteiger partial charge in [0.2, 0.25) is 0 Å². The van der Waals surface area contributed by atoms with Gasteiger partial charge in [0.25, 0.3) is 0 Å². The van der Waals surface area contributed by atoms with Crippen LogP contribution < -0.4 is 5.73 Å². The minimum Gasteiger partial charge on any atom is -0.478 e. The van der Waals surface area contributed by atoms with Gasteiger partial charge in [-0.05, 0) is 12.1 Å². The van der Waals surface area contributed by atoms with Crippen LogP contribution in [0.3, 0.4) is 0 Å². The van der Waals surface area contributed by atoms with E-state index in [1.807, 2.05) is 0 Å². The summed E-state index contributed by atoms with van der Waals surface area (Å²) in [7, 11) is 0. The van der Waals surface area contributed by atoms with Crippen LogP contribution in [0.2, 0.25) is 0 Å². The first kappa shape index (κ1) is 9.28. The van der Waals surface area contributed by atoms with Crippen molar-refractivity contribution in [1.82, 2.24) is 0 Å². The van der Waals surface area contributed by atoms with Gasteiger partial charge in [0.15, 0.2) is 0 Å². The van der Waals surface area contributed by atoms with Crippen LogP contribution in [0.15, 0.2) is 21.9 Å². The third-order valence-electron chi connectivity index (χ3n) is 1.33. The summed E-state index contributed by atoms with van der Waals surface area (Å²) in [4.78, 5) is 11.3. The van der Waals surface area contributed by atoms with Crippen LogP contribution in [0.5, 0.6) is 0 Å². The summed E-state index contributed by atoms with van der Waals surface area (Å²) in [6.07, 6.45) is 0. The van der Waals surface area contributed by atoms with Gasteiger partial charge in [-0.15, -0.1) is 25.3 Å². The Kier molecular flexibility index (Phi) is 2.54. The van der Waals surface area contributed by atoms with Crippen LogP contribution >= 0.6 is 25.3 Å². The Bertz CT molecular complexity index is 315. The minimum absolute atomic E-state index is 0.0795. The molecule has 0 aromatic heterocycles. The van der Waals surface area contributed by atoms with Gasteiger partial charge in [0, 0.05) is 15.5 Å². The van der Waals surface area contributed by atoms with E-state index in [-0.39, 0.29) is 5.56 Å². The van der Waals surface area contributed by atoms with Crippen molar-refractivity contribution >= 4 is 36.9 Å². The Labute approximate surface area is 80.4 Å². The number of benzene rings is 1. The second kappa shape index (κ2) is 3.28. The highest BCUT2D eigenvalue weighted by molar-refractivity contribution is 7.81. The number of aromatic carboxylic acids is 1. The van der Waals surface area contributed by atoms with E-state index in [2.05, 4.69) is 25.3 Å². The lowest BCUT2D eigenvalue weighted by atomic mass is 10.2. The Morgan fingerprint density at radius 2 is 1.75 bits per heavy atom. The number of carbonyl (C=O) groups is 1. The maximum atomic E-state index is 10.6. The Morgan fingerprint density at radius 3 is 2.08 bits per heavy atom. The molecule has 1 rings (SSSR count). The third kappa shape index (κ3) is 1.67. The summed E-state index contributed by atoms with van der Waals surface area (Å²) in [6, 6.07) is 2.96. The van der Waals surface area contributed by atoms with E-state index >= 15 is 0 Å². The van der Waals surface area contributed by atoms with E-state index in [4.69, 9.17) is 10.8 Å². The zero-order valence-corrected chi connectivity index (χ0v) is 7.77. The van der Waals surface area contributed by atoms with Crippen LogP contribution in [0.25, 0.3) is 0 Å². The van der Waals surface area contributed by atoms with Crippen LogP contribution in [0.4, 0.5) is 5.69 Å². The lowest BCUT2D eigenvalue weighted by molar-refractivity contribution is 0.0689. The molecule has 1 aromatic carbocycles. The highest BCUT2D eigenvalue weighted by Gasteiger charge is 2.11. The fourth-order valence-electron chi connectivity index (χ4n) is 0.852. The van der Waals surface area contributed by atoms with Crippen molar-refractivity contribution in [1.29, 1.82) is 0 Å². The molecule has 0 heterocycles. The molecule has 0 unspecified atom stereocenters. The summed E-state index contributed by atoms with van der Waals surface area (Å²) in [5.74, 6) is -1.05. The zero-order chi connectivity index (χ0) is 9.30. The van der Waals surface area contributed by atoms with Crippen LogP contribution in [-0.4, -0.2) is 11.1 Å². The molecular weight excluding hydrogens is 194 g/mol. The van der Waals surface area contributed by atoms with Crippen LogP contribution in [0, 0.1) is 0 Å². The van der Waals surface area contributed by atoms with Gasteiger partial charge in [-0.1, -0.05) is 0 Å². The van der Waals surface area contributed by atoms with Crippen molar-refractivity contribution in [3.05, 3.63) is 17.7 Å². The largest absolute Gasteiger partial charge is 0.478 e. The average molecular weight is 201 g/mol. The van der Waals surface area contributed by atoms with Crippen molar-refractivity contribution in [2.45, 2.75) is 9.79 Å². The molecule has 0 saturated heterocycles. The fourth-order valence-corrected chi connectivity index (χ4v) is 1.67. The number of anilines is 1. The molecule has 0 amide bonds. The normalized spacial score (nSPS) is 9.83. The summed E-state index contributed by atoms with van der Waals surface area (Å²) in [5, 5.41) is 8.70. The topological polar surface area (TPSA) is 63.3 Å². The van der Waals surface area contributed by atoms with E-state index in [1.54, 1.807) is 0 Å². The zero-order valence-electron chi connectivity index (χ0n) is 5.98. The molecule has 0 saturated carbocycles. The van der Waals surface area contributed by atoms with Gasteiger partial charge in [-0.2, -0.15) is 0 Å². The first-order valence-electron chi connectivity index (χ1n) is 3.07. The molecule has 1 aromatic rings. The molecule has 0 spiro atoms. The van der Waals surface area contributed by atoms with E-state index in [0.29, 0.717) is 15.5 Å². The predicted molar refractivity (Wildman–Crippen MR) is 52.3 cm³/mol. The number of rotatable bonds is 1. The smallest absolute Gasteiger partial charge is 0.337 e. The predicted octanol–water partition coefficient (Wildman–Crippen LogP) is 1.54. The summed E-state index contributed by atoms with van der Waals surface area (Å²) < 4.78 is 0. The summed E-state index contributed by atoms with van der Waals surface area (Å²) in [5.41, 5.74) is 5.97. The van der Waals surface area contributed by atoms with Crippen LogP contribution in [0.1, 0.15) is 10.4 Å². The van der Waals surface area contributed by atoms with Crippen molar-refractivity contribution in [3.8, 4) is 0 Å². The highest BCUT2D eigenvalue weighted by atomic mass is 32.1. The molecule has 5 heteroatoms. The molecule has 3 N–H and O–H groups in total. The molecule has 0 fully saturated rings. The number of carboxylic acids is 1. The maximum absolute atomic E-state index is 10.6. The van der Waals surface area contributed by atoms with Crippen molar-refractivity contribution in [3.63, 3.8) is 0 Å². The molecule has 12 heavy (non-hydrogen) atoms. The van der Waals surface area contributed by atoms with Gasteiger partial charge in [0.1, 0.15) is 0 Å². The lowest BCUT2D eigenvalue weighted by Crippen LogP contribution is -2.00. The minimum atomic E-state index is -1.05. The Morgan fingerprint density at radius 1 is 1.33 bits per heavy atom. The SMILES string of the molecule is Nc1cc(S)c(C(=O)O)c(S)c1. The molecule has 0 bridgehead atoms. The van der Waals surface area contributed by atoms with Gasteiger partial charge in [-0.3, -0.25) is 0 Å². The number of nitrogens with two attached hydrogens (primary N) is 1. The van der Waals surface area contributed by atoms with Gasteiger partial charge < -0.3 is 10.8 Å². The van der Waals surface area contributed by atoms with Gasteiger partial charge >= 0.3 is 5.97 Å². The summed E-state index contributed by atoms with van der Waals surface area (Å²) >= 11 is 7.93. The molecule has 3 nitrogen and oxygen atoms in total. The summed E-state index contributed by atoms with van der Waals surface area (Å²) in [6.45, 7) is 0. The maximum Gasteiger partial charge on any atom is 0.337 e. The van der Waals surface area contributed by atoms with Crippen LogP contribution in [-0.2, 0) is 0 Å². The van der Waals surface area contributed by atoms with E-state index in [9.17, 15) is 4.79 Å². The first-order chi connectivity index (χ1) is 5.52. The fraction of sp³-hybridized carbons (Fsp3) is 0. The molecule has 0 radical (unpaired) electrons. The highest BCUT2D eigenvalue weighted by Crippen LogP contribution is 2.24. The first-order valence-corrected chi connectivity index (χ1v) is 3.96. The quantitative estimate of drug-likeness (QED) is 0.412. The average Bonchev–Trinajstić information content (AvgIpc) is 1.82. The molecule has 0 aliphatic heterocycles. The van der Waals surface area contributed by atoms with Crippen molar-refractivity contribution < 1.29 is 9.90 Å². The second-order valence-electron chi connectivity index (χ2n) is 2.24. The van der Waals surface area contributed by atoms with Gasteiger partial charge in [-0.25, -0.2) is 4.79 Å². The molecule has 0 aliphatic carbocycles. The Hall–Kier alpha value is -0.810. The van der Waals surface area contributed by atoms with E-state index < -0.39 is 5.97 Å². The molecule has 64 valence electrons. The monoisotopic (exact) mass is 201 g/mol. The Balaban J connectivity index is 3.38. The van der Waals surface area contributed by atoms with Crippen molar-refractivity contribution in [2.75, 3.05) is 5.73 Å². The molecule has 0 atom stereocenters.